The van der Waals surface area contributed by atoms with Gasteiger partial charge in [-0.05, 0) is 40.2 Å². The summed E-state index contributed by atoms with van der Waals surface area (Å²) < 4.78 is 1.03. The average molecular weight is 297 g/mol. The highest BCUT2D eigenvalue weighted by Crippen LogP contribution is 2.23. The highest BCUT2D eigenvalue weighted by atomic mass is 79.9. The third kappa shape index (κ3) is 2.68. The summed E-state index contributed by atoms with van der Waals surface area (Å²) in [5.74, 6) is 0.00866. The smallest absolute Gasteiger partial charge is 0.186 e. The van der Waals surface area contributed by atoms with Crippen LogP contribution in [0.5, 0.6) is 0 Å². The monoisotopic (exact) mass is 296 g/mol. The van der Waals surface area contributed by atoms with Crippen molar-refractivity contribution in [3.8, 4) is 0 Å². The Kier molecular flexibility index (Phi) is 3.36. The molecule has 0 aromatic carbocycles. The van der Waals surface area contributed by atoms with Gasteiger partial charge in [0.05, 0.1) is 15.7 Å². The Labute approximate surface area is 105 Å². The van der Waals surface area contributed by atoms with Crippen molar-refractivity contribution in [1.29, 1.82) is 0 Å². The molecule has 2 N–H and O–H groups in total. The number of aromatic nitrogens is 1. The number of pyridine rings is 1. The van der Waals surface area contributed by atoms with E-state index in [1.807, 2.05) is 12.1 Å². The van der Waals surface area contributed by atoms with Crippen LogP contribution in [0, 0.1) is 0 Å². The average Bonchev–Trinajstić information content (AvgIpc) is 2.65. The molecule has 0 aliphatic carbocycles. The van der Waals surface area contributed by atoms with Gasteiger partial charge in [0.15, 0.2) is 5.78 Å². The van der Waals surface area contributed by atoms with Crippen molar-refractivity contribution in [2.75, 3.05) is 5.73 Å². The molecule has 3 nitrogen and oxygen atoms in total. The summed E-state index contributed by atoms with van der Waals surface area (Å²) in [5, 5.41) is 0. The maximum Gasteiger partial charge on any atom is 0.186 e. The summed E-state index contributed by atoms with van der Waals surface area (Å²) in [6.45, 7) is 0. The molecular formula is C11H9BrN2OS. The third-order valence-electron chi connectivity index (χ3n) is 2.04. The van der Waals surface area contributed by atoms with Gasteiger partial charge in [-0.3, -0.25) is 9.78 Å². The van der Waals surface area contributed by atoms with Crippen molar-refractivity contribution in [1.82, 2.24) is 4.98 Å². The molecule has 16 heavy (non-hydrogen) atoms. The van der Waals surface area contributed by atoms with E-state index in [-0.39, 0.29) is 5.78 Å². The van der Waals surface area contributed by atoms with Crippen molar-refractivity contribution >= 4 is 38.7 Å². The molecule has 0 aliphatic rings. The van der Waals surface area contributed by atoms with Gasteiger partial charge < -0.3 is 5.73 Å². The van der Waals surface area contributed by atoms with Crippen LogP contribution in [0.2, 0.25) is 0 Å². The van der Waals surface area contributed by atoms with E-state index in [0.29, 0.717) is 17.8 Å². The van der Waals surface area contributed by atoms with Gasteiger partial charge in [-0.1, -0.05) is 0 Å². The molecule has 82 valence electrons. The molecule has 0 aliphatic heterocycles. The molecule has 0 spiro atoms. The molecule has 0 radical (unpaired) electrons. The fraction of sp³-hybridized carbons (Fsp3) is 0.0909. The van der Waals surface area contributed by atoms with Crippen LogP contribution in [-0.4, -0.2) is 10.8 Å². The van der Waals surface area contributed by atoms with Gasteiger partial charge in [-0.2, -0.15) is 0 Å². The minimum Gasteiger partial charge on any atom is -0.397 e. The van der Waals surface area contributed by atoms with Gasteiger partial charge in [0.2, 0.25) is 0 Å². The molecule has 0 atom stereocenters. The van der Waals surface area contributed by atoms with Gasteiger partial charge in [-0.15, -0.1) is 11.3 Å². The topological polar surface area (TPSA) is 56.0 Å². The summed E-state index contributed by atoms with van der Waals surface area (Å²) in [5.41, 5.74) is 6.53. The van der Waals surface area contributed by atoms with E-state index in [2.05, 4.69) is 20.9 Å². The standard InChI is InChI=1S/C11H9BrN2OS/c12-11-4-2-8(16-11)5-10(15)9-3-1-7(13)6-14-9/h1-4,6H,5,13H2. The molecule has 2 aromatic heterocycles. The summed E-state index contributed by atoms with van der Waals surface area (Å²) >= 11 is 4.92. The lowest BCUT2D eigenvalue weighted by molar-refractivity contribution is 0.0989. The first kappa shape index (κ1) is 11.3. The third-order valence-corrected chi connectivity index (χ3v) is 3.66. The number of hydrogen-bond donors (Lipinski definition) is 1. The largest absolute Gasteiger partial charge is 0.397 e. The molecule has 5 heteroatoms. The Morgan fingerprint density at radius 3 is 2.75 bits per heavy atom. The number of rotatable bonds is 3. The first-order valence-electron chi connectivity index (χ1n) is 4.64. The van der Waals surface area contributed by atoms with E-state index in [0.717, 1.165) is 8.66 Å². The number of nitrogens with zero attached hydrogens (tertiary/aromatic N) is 1. The van der Waals surface area contributed by atoms with Crippen LogP contribution in [-0.2, 0) is 6.42 Å². The molecule has 0 amide bonds. The number of nitrogens with two attached hydrogens (primary N) is 1. The first-order chi connectivity index (χ1) is 7.65. The van der Waals surface area contributed by atoms with Crippen LogP contribution in [0.4, 0.5) is 5.69 Å². The second-order valence-corrected chi connectivity index (χ2v) is 5.83. The van der Waals surface area contributed by atoms with Crippen molar-refractivity contribution in [2.24, 2.45) is 0 Å². The Hall–Kier alpha value is -1.20. The fourth-order valence-corrected chi connectivity index (χ4v) is 2.75. The number of ketones is 1. The van der Waals surface area contributed by atoms with Crippen molar-refractivity contribution in [3.05, 3.63) is 44.8 Å². The SMILES string of the molecule is Nc1ccc(C(=O)Cc2ccc(Br)s2)nc1. The van der Waals surface area contributed by atoms with Gasteiger partial charge in [0.25, 0.3) is 0 Å². The van der Waals surface area contributed by atoms with Crippen molar-refractivity contribution in [3.63, 3.8) is 0 Å². The minimum absolute atomic E-state index is 0.00866. The van der Waals surface area contributed by atoms with Crippen LogP contribution >= 0.6 is 27.3 Å². The van der Waals surface area contributed by atoms with E-state index in [9.17, 15) is 4.79 Å². The minimum atomic E-state index is 0.00866. The summed E-state index contributed by atoms with van der Waals surface area (Å²) in [7, 11) is 0. The Bertz CT molecular complexity index is 507. The predicted molar refractivity (Wildman–Crippen MR) is 68.7 cm³/mol. The van der Waals surface area contributed by atoms with Crippen LogP contribution in [0.25, 0.3) is 0 Å². The zero-order valence-corrected chi connectivity index (χ0v) is 10.7. The molecular weight excluding hydrogens is 288 g/mol. The molecule has 2 rings (SSSR count). The normalized spacial score (nSPS) is 10.3. The number of halogens is 1. The molecule has 0 bridgehead atoms. The lowest BCUT2D eigenvalue weighted by Crippen LogP contribution is -2.05. The van der Waals surface area contributed by atoms with Crippen molar-refractivity contribution in [2.45, 2.75) is 6.42 Å². The van der Waals surface area contributed by atoms with E-state index in [1.54, 1.807) is 23.5 Å². The molecule has 0 saturated carbocycles. The fourth-order valence-electron chi connectivity index (χ4n) is 1.27. The lowest BCUT2D eigenvalue weighted by atomic mass is 10.2. The number of Topliss-reactive ketones (excluding diaryl/α,β-unsaturated/α-hetero) is 1. The lowest BCUT2D eigenvalue weighted by Gasteiger charge is -1.98. The molecule has 0 fully saturated rings. The van der Waals surface area contributed by atoms with Crippen LogP contribution in [0.15, 0.2) is 34.2 Å². The Balaban J connectivity index is 2.11. The quantitative estimate of drug-likeness (QED) is 0.886. The number of hydrogen-bond acceptors (Lipinski definition) is 4. The van der Waals surface area contributed by atoms with E-state index >= 15 is 0 Å². The number of anilines is 1. The maximum atomic E-state index is 11.8. The summed E-state index contributed by atoms with van der Waals surface area (Å²) in [4.78, 5) is 16.8. The van der Waals surface area contributed by atoms with Gasteiger partial charge in [0.1, 0.15) is 5.69 Å². The van der Waals surface area contributed by atoms with Gasteiger partial charge >= 0.3 is 0 Å². The van der Waals surface area contributed by atoms with Crippen LogP contribution < -0.4 is 5.73 Å². The van der Waals surface area contributed by atoms with E-state index in [1.165, 1.54) is 6.20 Å². The van der Waals surface area contributed by atoms with Crippen molar-refractivity contribution < 1.29 is 4.79 Å². The van der Waals surface area contributed by atoms with Crippen LogP contribution in [0.3, 0.4) is 0 Å². The van der Waals surface area contributed by atoms with E-state index < -0.39 is 0 Å². The Morgan fingerprint density at radius 1 is 1.38 bits per heavy atom. The molecule has 2 heterocycles. The van der Waals surface area contributed by atoms with Gasteiger partial charge in [0, 0.05) is 11.3 Å². The highest BCUT2D eigenvalue weighted by Gasteiger charge is 2.09. The highest BCUT2D eigenvalue weighted by molar-refractivity contribution is 9.11. The summed E-state index contributed by atoms with van der Waals surface area (Å²) in [6, 6.07) is 7.21. The Morgan fingerprint density at radius 2 is 2.19 bits per heavy atom. The molecule has 0 saturated heterocycles. The summed E-state index contributed by atoms with van der Waals surface area (Å²) in [6.07, 6.45) is 1.88. The van der Waals surface area contributed by atoms with Crippen LogP contribution in [0.1, 0.15) is 15.4 Å². The second kappa shape index (κ2) is 4.76. The van der Waals surface area contributed by atoms with E-state index in [4.69, 9.17) is 5.73 Å². The number of nitrogen functional groups attached to an aromatic ring is 1. The molecule has 0 unspecified atom stereocenters. The zero-order valence-electron chi connectivity index (χ0n) is 8.31. The number of thiophene rings is 1. The zero-order chi connectivity index (χ0) is 11.5. The second-order valence-electron chi connectivity index (χ2n) is 3.28. The number of carbonyl (C=O) groups excluding carboxylic acids is 1. The number of carbonyl (C=O) groups is 1. The molecule has 2 aromatic rings. The maximum absolute atomic E-state index is 11.8. The predicted octanol–water partition coefficient (Wildman–Crippen LogP) is 2.91. The first-order valence-corrected chi connectivity index (χ1v) is 6.25. The van der Waals surface area contributed by atoms with Gasteiger partial charge in [-0.25, -0.2) is 0 Å².